The van der Waals surface area contributed by atoms with Gasteiger partial charge in [0.05, 0.1) is 7.11 Å². The van der Waals surface area contributed by atoms with Crippen LogP contribution in [0.25, 0.3) is 0 Å². The van der Waals surface area contributed by atoms with Crippen LogP contribution in [0.4, 0.5) is 0 Å². The Kier molecular flexibility index (Phi) is 7.32. The summed E-state index contributed by atoms with van der Waals surface area (Å²) in [6.45, 7) is 5.84. The number of hydrogen-bond donors (Lipinski definition) is 1. The van der Waals surface area contributed by atoms with Crippen LogP contribution in [-0.2, 0) is 14.3 Å². The minimum absolute atomic E-state index is 0.225. The van der Waals surface area contributed by atoms with Crippen LogP contribution < -0.4 is 5.32 Å². The maximum absolute atomic E-state index is 10.6. The van der Waals surface area contributed by atoms with Gasteiger partial charge in [0.25, 0.3) is 0 Å². The van der Waals surface area contributed by atoms with E-state index in [2.05, 4.69) is 16.6 Å². The fraction of sp³-hybridized carbons (Fsp3) is 0.636. The van der Waals surface area contributed by atoms with Crippen molar-refractivity contribution in [2.75, 3.05) is 13.7 Å². The number of methoxy groups -OCH3 is 1. The highest BCUT2D eigenvalue weighted by Gasteiger charge is 2.03. The van der Waals surface area contributed by atoms with Gasteiger partial charge in [-0.3, -0.25) is 4.79 Å². The van der Waals surface area contributed by atoms with Crippen molar-refractivity contribution >= 4 is 11.9 Å². The van der Waals surface area contributed by atoms with E-state index in [1.165, 1.54) is 13.5 Å². The minimum atomic E-state index is -0.347. The first-order chi connectivity index (χ1) is 7.07. The number of carbonyl (C=O) groups excluding carboxylic acids is 2. The van der Waals surface area contributed by atoms with Gasteiger partial charge < -0.3 is 10.1 Å². The third-order valence-electron chi connectivity index (χ3n) is 1.94. The molecule has 86 valence electrons. The number of esters is 1. The molecule has 0 bridgehead atoms. The van der Waals surface area contributed by atoms with Crippen LogP contribution >= 0.6 is 0 Å². The Morgan fingerprint density at radius 1 is 1.40 bits per heavy atom. The molecule has 1 amide bonds. The summed E-state index contributed by atoms with van der Waals surface area (Å²) in [6, 6.07) is 0. The van der Waals surface area contributed by atoms with Crippen LogP contribution in [0.2, 0.25) is 0 Å². The molecule has 15 heavy (non-hydrogen) atoms. The van der Waals surface area contributed by atoms with Gasteiger partial charge in [0.1, 0.15) is 0 Å². The van der Waals surface area contributed by atoms with Crippen molar-refractivity contribution in [3.8, 4) is 0 Å². The predicted molar refractivity (Wildman–Crippen MR) is 58.3 cm³/mol. The first-order valence-electron chi connectivity index (χ1n) is 5.08. The van der Waals surface area contributed by atoms with E-state index < -0.39 is 0 Å². The Balaban J connectivity index is 0.000000265. The lowest BCUT2D eigenvalue weighted by Crippen LogP contribution is -2.21. The van der Waals surface area contributed by atoms with Gasteiger partial charge in [0, 0.05) is 18.5 Å². The van der Waals surface area contributed by atoms with E-state index in [0.29, 0.717) is 5.57 Å². The molecule has 1 aliphatic rings. The van der Waals surface area contributed by atoms with Gasteiger partial charge >= 0.3 is 5.97 Å². The van der Waals surface area contributed by atoms with Gasteiger partial charge in [-0.25, -0.2) is 4.79 Å². The second-order valence-corrected chi connectivity index (χ2v) is 3.43. The lowest BCUT2D eigenvalue weighted by Gasteiger charge is -1.93. The SMILES string of the molecule is C=C(C)C(=O)OC.O=C1CCCCCN1. The highest BCUT2D eigenvalue weighted by atomic mass is 16.5. The molecule has 0 aromatic rings. The Morgan fingerprint density at radius 3 is 2.53 bits per heavy atom. The molecule has 1 N–H and O–H groups in total. The van der Waals surface area contributed by atoms with Crippen LogP contribution in [-0.4, -0.2) is 25.5 Å². The largest absolute Gasteiger partial charge is 0.466 e. The van der Waals surface area contributed by atoms with E-state index >= 15 is 0 Å². The van der Waals surface area contributed by atoms with Crippen LogP contribution in [0.3, 0.4) is 0 Å². The van der Waals surface area contributed by atoms with Crippen molar-refractivity contribution in [2.45, 2.75) is 32.6 Å². The van der Waals surface area contributed by atoms with Crippen molar-refractivity contribution in [1.29, 1.82) is 0 Å². The normalized spacial score (nSPS) is 15.2. The molecule has 0 saturated carbocycles. The Bertz CT molecular complexity index is 226. The molecule has 1 rings (SSSR count). The van der Waals surface area contributed by atoms with Crippen molar-refractivity contribution < 1.29 is 14.3 Å². The van der Waals surface area contributed by atoms with E-state index in [1.54, 1.807) is 6.92 Å². The molecule has 1 saturated heterocycles. The third kappa shape index (κ3) is 7.73. The fourth-order valence-electron chi connectivity index (χ4n) is 1.08. The van der Waals surface area contributed by atoms with Gasteiger partial charge in [-0.15, -0.1) is 0 Å². The highest BCUT2D eigenvalue weighted by molar-refractivity contribution is 5.86. The fourth-order valence-corrected chi connectivity index (χ4v) is 1.08. The molecule has 1 heterocycles. The van der Waals surface area contributed by atoms with Gasteiger partial charge in [0.2, 0.25) is 5.91 Å². The highest BCUT2D eigenvalue weighted by Crippen LogP contribution is 2.02. The number of amides is 1. The zero-order chi connectivity index (χ0) is 11.7. The average Bonchev–Trinajstić information content (AvgIpc) is 2.45. The lowest BCUT2D eigenvalue weighted by atomic mass is 10.2. The number of ether oxygens (including phenoxy) is 1. The smallest absolute Gasteiger partial charge is 0.332 e. The maximum atomic E-state index is 10.6. The Hall–Kier alpha value is -1.32. The van der Waals surface area contributed by atoms with Gasteiger partial charge in [0.15, 0.2) is 0 Å². The molecule has 1 aliphatic heterocycles. The molecule has 0 unspecified atom stereocenters. The number of hydrogen-bond acceptors (Lipinski definition) is 3. The van der Waals surface area contributed by atoms with Crippen molar-refractivity contribution in [1.82, 2.24) is 5.32 Å². The molecule has 1 fully saturated rings. The standard InChI is InChI=1S/C6H11NO.C5H8O2/c8-6-4-2-1-3-5-7-6;1-4(2)5(6)7-3/h1-5H2,(H,7,8);1H2,2-3H3. The Labute approximate surface area is 90.7 Å². The summed E-state index contributed by atoms with van der Waals surface area (Å²) < 4.78 is 4.27. The third-order valence-corrected chi connectivity index (χ3v) is 1.94. The molecule has 0 aromatic carbocycles. The second kappa shape index (κ2) is 8.03. The van der Waals surface area contributed by atoms with Crippen molar-refractivity contribution in [2.24, 2.45) is 0 Å². The monoisotopic (exact) mass is 213 g/mol. The molecular weight excluding hydrogens is 194 g/mol. The summed E-state index contributed by atoms with van der Waals surface area (Å²) in [6.07, 6.45) is 4.18. The molecular formula is C11H19NO3. The second-order valence-electron chi connectivity index (χ2n) is 3.43. The summed E-state index contributed by atoms with van der Waals surface area (Å²) in [7, 11) is 1.33. The summed E-state index contributed by atoms with van der Waals surface area (Å²) in [5.41, 5.74) is 0.433. The van der Waals surface area contributed by atoms with Gasteiger partial charge in [-0.1, -0.05) is 13.0 Å². The zero-order valence-electron chi connectivity index (χ0n) is 9.47. The first-order valence-corrected chi connectivity index (χ1v) is 5.08. The summed E-state index contributed by atoms with van der Waals surface area (Å²) >= 11 is 0. The van der Waals surface area contributed by atoms with Crippen molar-refractivity contribution in [3.63, 3.8) is 0 Å². The summed E-state index contributed by atoms with van der Waals surface area (Å²) in [5.74, 6) is -0.123. The van der Waals surface area contributed by atoms with E-state index in [9.17, 15) is 9.59 Å². The quantitative estimate of drug-likeness (QED) is 0.529. The molecule has 0 aliphatic carbocycles. The molecule has 4 nitrogen and oxygen atoms in total. The molecule has 0 aromatic heterocycles. The topological polar surface area (TPSA) is 55.4 Å². The minimum Gasteiger partial charge on any atom is -0.466 e. The maximum Gasteiger partial charge on any atom is 0.332 e. The van der Waals surface area contributed by atoms with Crippen molar-refractivity contribution in [3.05, 3.63) is 12.2 Å². The van der Waals surface area contributed by atoms with E-state index in [-0.39, 0.29) is 11.9 Å². The van der Waals surface area contributed by atoms with Crippen LogP contribution in [0, 0.1) is 0 Å². The van der Waals surface area contributed by atoms with Gasteiger partial charge in [-0.05, 0) is 19.8 Å². The number of carbonyl (C=O) groups is 2. The summed E-state index contributed by atoms with van der Waals surface area (Å²) in [5, 5.41) is 2.81. The van der Waals surface area contributed by atoms with E-state index in [4.69, 9.17) is 0 Å². The number of rotatable bonds is 1. The van der Waals surface area contributed by atoms with Crippen LogP contribution in [0.1, 0.15) is 32.6 Å². The summed E-state index contributed by atoms with van der Waals surface area (Å²) in [4.78, 5) is 20.8. The lowest BCUT2D eigenvalue weighted by molar-refractivity contribution is -0.136. The van der Waals surface area contributed by atoms with Crippen LogP contribution in [0.15, 0.2) is 12.2 Å². The molecule has 0 atom stereocenters. The Morgan fingerprint density at radius 2 is 2.07 bits per heavy atom. The molecule has 0 spiro atoms. The number of nitrogens with one attached hydrogen (secondary N) is 1. The van der Waals surface area contributed by atoms with Gasteiger partial charge in [-0.2, -0.15) is 0 Å². The predicted octanol–water partition coefficient (Wildman–Crippen LogP) is 1.41. The van der Waals surface area contributed by atoms with E-state index in [1.807, 2.05) is 0 Å². The van der Waals surface area contributed by atoms with Crippen LogP contribution in [0.5, 0.6) is 0 Å². The molecule has 0 radical (unpaired) electrons. The zero-order valence-corrected chi connectivity index (χ0v) is 9.47. The first kappa shape index (κ1) is 13.7. The van der Waals surface area contributed by atoms with E-state index in [0.717, 1.165) is 25.8 Å². The average molecular weight is 213 g/mol. The molecule has 4 heteroatoms.